The Morgan fingerprint density at radius 3 is 2.75 bits per heavy atom. The Bertz CT molecular complexity index is 988. The largest absolute Gasteiger partial charge is 0.370 e. The fourth-order valence-electron chi connectivity index (χ4n) is 4.66. The van der Waals surface area contributed by atoms with Gasteiger partial charge < -0.3 is 19.9 Å². The molecule has 0 spiro atoms. The van der Waals surface area contributed by atoms with Gasteiger partial charge in [-0.25, -0.2) is 0 Å². The molecule has 1 unspecified atom stereocenters. The topological polar surface area (TPSA) is 57.2 Å². The molecular formula is C26H34N4O2. The molecule has 6 heteroatoms. The monoisotopic (exact) mass is 434 g/mol. The molecule has 2 aliphatic heterocycles. The van der Waals surface area contributed by atoms with Gasteiger partial charge in [0.25, 0.3) is 0 Å². The molecule has 32 heavy (non-hydrogen) atoms. The Morgan fingerprint density at radius 1 is 1.16 bits per heavy atom. The smallest absolute Gasteiger partial charge is 0.222 e. The van der Waals surface area contributed by atoms with Crippen molar-refractivity contribution in [3.8, 4) is 0 Å². The predicted octanol–water partition coefficient (Wildman–Crippen LogP) is 3.57. The number of carbonyl (C=O) groups is 1. The number of nitrogens with one attached hydrogen (secondary N) is 1. The van der Waals surface area contributed by atoms with Gasteiger partial charge >= 0.3 is 0 Å². The van der Waals surface area contributed by atoms with Gasteiger partial charge in [0.2, 0.25) is 5.91 Å². The average Bonchev–Trinajstić information content (AvgIpc) is 3.19. The summed E-state index contributed by atoms with van der Waals surface area (Å²) in [5, 5.41) is 3.52. The van der Waals surface area contributed by atoms with Crippen molar-refractivity contribution in [2.75, 3.05) is 33.3 Å². The minimum absolute atomic E-state index is 0.0456. The number of aliphatic imine (C=N–C) groups is 1. The first-order valence-corrected chi connectivity index (χ1v) is 11.5. The van der Waals surface area contributed by atoms with Crippen molar-refractivity contribution in [2.24, 2.45) is 4.99 Å². The van der Waals surface area contributed by atoms with E-state index < -0.39 is 0 Å². The van der Waals surface area contributed by atoms with Gasteiger partial charge in [0.05, 0.1) is 13.2 Å². The van der Waals surface area contributed by atoms with E-state index in [9.17, 15) is 4.79 Å². The molecule has 0 saturated carbocycles. The molecule has 4 rings (SSSR count). The van der Waals surface area contributed by atoms with Crippen molar-refractivity contribution < 1.29 is 9.53 Å². The Labute approximate surface area is 191 Å². The van der Waals surface area contributed by atoms with E-state index in [4.69, 9.17) is 4.74 Å². The number of benzene rings is 2. The molecule has 0 aliphatic carbocycles. The average molecular weight is 435 g/mol. The number of morpholine rings is 1. The summed E-state index contributed by atoms with van der Waals surface area (Å²) >= 11 is 0. The molecule has 2 saturated heterocycles. The van der Waals surface area contributed by atoms with Crippen LogP contribution in [-0.4, -0.2) is 55.0 Å². The van der Waals surface area contributed by atoms with E-state index in [1.54, 1.807) is 0 Å². The van der Waals surface area contributed by atoms with Crippen molar-refractivity contribution in [3.63, 3.8) is 0 Å². The molecular weight excluding hydrogens is 400 g/mol. The summed E-state index contributed by atoms with van der Waals surface area (Å²) in [5.74, 6) is 1.16. The number of ether oxygens (including phenoxy) is 1. The van der Waals surface area contributed by atoms with Crippen molar-refractivity contribution in [3.05, 3.63) is 70.3 Å². The molecule has 170 valence electrons. The van der Waals surface area contributed by atoms with Crippen LogP contribution in [0.15, 0.2) is 47.5 Å². The van der Waals surface area contributed by atoms with Crippen LogP contribution in [0.25, 0.3) is 0 Å². The number of guanidine groups is 1. The van der Waals surface area contributed by atoms with Crippen LogP contribution in [0.2, 0.25) is 0 Å². The highest BCUT2D eigenvalue weighted by Crippen LogP contribution is 2.26. The van der Waals surface area contributed by atoms with E-state index in [1.165, 1.54) is 27.8 Å². The quantitative estimate of drug-likeness (QED) is 0.577. The first-order chi connectivity index (χ1) is 15.5. The molecule has 2 aromatic carbocycles. The Morgan fingerprint density at radius 2 is 2.00 bits per heavy atom. The Balaban J connectivity index is 1.37. The summed E-state index contributed by atoms with van der Waals surface area (Å²) < 4.78 is 6.10. The van der Waals surface area contributed by atoms with E-state index in [-0.39, 0.29) is 12.0 Å². The molecule has 0 aromatic heterocycles. The minimum Gasteiger partial charge on any atom is -0.370 e. The lowest BCUT2D eigenvalue weighted by Crippen LogP contribution is -2.48. The number of rotatable bonds is 5. The summed E-state index contributed by atoms with van der Waals surface area (Å²) in [7, 11) is 1.83. The highest BCUT2D eigenvalue weighted by Gasteiger charge is 2.25. The van der Waals surface area contributed by atoms with Gasteiger partial charge in [-0.1, -0.05) is 48.0 Å². The van der Waals surface area contributed by atoms with Gasteiger partial charge in [-0.2, -0.15) is 0 Å². The van der Waals surface area contributed by atoms with Gasteiger partial charge in [0.1, 0.15) is 6.10 Å². The highest BCUT2D eigenvalue weighted by molar-refractivity contribution is 5.80. The maximum Gasteiger partial charge on any atom is 0.222 e. The summed E-state index contributed by atoms with van der Waals surface area (Å²) in [5.41, 5.74) is 6.16. The van der Waals surface area contributed by atoms with Crippen molar-refractivity contribution in [2.45, 2.75) is 45.9 Å². The zero-order valence-electron chi connectivity index (χ0n) is 19.4. The van der Waals surface area contributed by atoms with Crippen molar-refractivity contribution in [1.29, 1.82) is 0 Å². The first-order valence-electron chi connectivity index (χ1n) is 11.5. The molecule has 2 aliphatic rings. The third kappa shape index (κ3) is 5.30. The van der Waals surface area contributed by atoms with Crippen molar-refractivity contribution >= 4 is 11.9 Å². The lowest BCUT2D eigenvalue weighted by atomic mass is 10.00. The zero-order valence-corrected chi connectivity index (χ0v) is 19.4. The summed E-state index contributed by atoms with van der Waals surface area (Å²) in [6.45, 7) is 8.81. The SMILES string of the molecule is CN=C(NCc1cccc(CN2CCCC2=O)c1)N1CCOC(c2ccc(C)cc2C)C1. The van der Waals surface area contributed by atoms with Gasteiger partial charge in [-0.15, -0.1) is 0 Å². The molecule has 0 bridgehead atoms. The lowest BCUT2D eigenvalue weighted by Gasteiger charge is -2.36. The molecule has 1 N–H and O–H groups in total. The molecule has 1 amide bonds. The van der Waals surface area contributed by atoms with E-state index in [2.05, 4.69) is 71.5 Å². The zero-order chi connectivity index (χ0) is 22.5. The van der Waals surface area contributed by atoms with E-state index >= 15 is 0 Å². The number of nitrogens with zero attached hydrogens (tertiary/aromatic N) is 3. The van der Waals surface area contributed by atoms with Crippen LogP contribution in [0, 0.1) is 13.8 Å². The first kappa shape index (κ1) is 22.3. The molecule has 2 fully saturated rings. The van der Waals surface area contributed by atoms with E-state index in [0.29, 0.717) is 26.1 Å². The van der Waals surface area contributed by atoms with Crippen molar-refractivity contribution in [1.82, 2.24) is 15.1 Å². The highest BCUT2D eigenvalue weighted by atomic mass is 16.5. The second-order valence-electron chi connectivity index (χ2n) is 8.81. The lowest BCUT2D eigenvalue weighted by molar-refractivity contribution is -0.128. The summed E-state index contributed by atoms with van der Waals surface area (Å²) in [6.07, 6.45) is 1.70. The maximum absolute atomic E-state index is 11.9. The number of aryl methyl sites for hydroxylation is 2. The normalized spacial score (nSPS) is 19.5. The number of amides is 1. The second kappa shape index (κ2) is 10.2. The molecule has 6 nitrogen and oxygen atoms in total. The minimum atomic E-state index is 0.0456. The summed E-state index contributed by atoms with van der Waals surface area (Å²) in [6, 6.07) is 15.0. The van der Waals surface area contributed by atoms with Gasteiger partial charge in [0.15, 0.2) is 5.96 Å². The number of hydrogen-bond donors (Lipinski definition) is 1. The van der Waals surface area contributed by atoms with E-state index in [0.717, 1.165) is 32.0 Å². The van der Waals surface area contributed by atoms with E-state index in [1.807, 2.05) is 11.9 Å². The standard InChI is InChI=1S/C26H34N4O2/c1-19-9-10-23(20(2)14-19)24-18-30(12-13-32-24)26(27-3)28-16-21-6-4-7-22(15-21)17-29-11-5-8-25(29)31/h4,6-7,9-10,14-15,24H,5,8,11-13,16-18H2,1-3H3,(H,27,28). The Hall–Kier alpha value is -2.86. The second-order valence-corrected chi connectivity index (χ2v) is 8.81. The molecule has 1 atom stereocenters. The number of hydrogen-bond acceptors (Lipinski definition) is 3. The number of likely N-dealkylation sites (tertiary alicyclic amines) is 1. The number of carbonyl (C=O) groups excluding carboxylic acids is 1. The molecule has 2 aromatic rings. The maximum atomic E-state index is 11.9. The van der Waals surface area contributed by atoms with Crippen LogP contribution >= 0.6 is 0 Å². The summed E-state index contributed by atoms with van der Waals surface area (Å²) in [4.78, 5) is 20.7. The van der Waals surface area contributed by atoms with Crippen LogP contribution in [0.1, 0.15) is 46.8 Å². The van der Waals surface area contributed by atoms with Gasteiger partial charge in [-0.05, 0) is 42.5 Å². The van der Waals surface area contributed by atoms with Crippen LogP contribution < -0.4 is 5.32 Å². The van der Waals surface area contributed by atoms with Gasteiger partial charge in [-0.3, -0.25) is 9.79 Å². The Kier molecular flexibility index (Phi) is 7.10. The van der Waals surface area contributed by atoms with Gasteiger partial charge in [0, 0.05) is 39.6 Å². The van der Waals surface area contributed by atoms with Crippen LogP contribution in [0.3, 0.4) is 0 Å². The van der Waals surface area contributed by atoms with Crippen LogP contribution in [-0.2, 0) is 22.6 Å². The third-order valence-electron chi connectivity index (χ3n) is 6.34. The van der Waals surface area contributed by atoms with Crippen LogP contribution in [0.5, 0.6) is 0 Å². The fourth-order valence-corrected chi connectivity index (χ4v) is 4.66. The molecule has 2 heterocycles. The van der Waals surface area contributed by atoms with Crippen LogP contribution in [0.4, 0.5) is 0 Å². The fraction of sp³-hybridized carbons (Fsp3) is 0.462. The predicted molar refractivity (Wildman–Crippen MR) is 127 cm³/mol. The molecule has 0 radical (unpaired) electrons. The third-order valence-corrected chi connectivity index (χ3v) is 6.34.